The number of rotatable bonds is 10. The summed E-state index contributed by atoms with van der Waals surface area (Å²) in [6.45, 7) is 8.23. The number of aliphatic carboxylic acids is 1. The molecule has 3 N–H and O–H groups in total. The van der Waals surface area contributed by atoms with Crippen molar-refractivity contribution in [1.82, 2.24) is 0 Å². The van der Waals surface area contributed by atoms with Gasteiger partial charge in [-0.1, -0.05) is 58.3 Å². The van der Waals surface area contributed by atoms with Crippen LogP contribution in [0, 0.1) is 0 Å². The van der Waals surface area contributed by atoms with Crippen molar-refractivity contribution in [2.24, 2.45) is 0 Å². The van der Waals surface area contributed by atoms with Crippen molar-refractivity contribution < 1.29 is 15.4 Å². The summed E-state index contributed by atoms with van der Waals surface area (Å²) in [5.41, 5.74) is 0. The Bertz CT molecular complexity index is 146. The van der Waals surface area contributed by atoms with Gasteiger partial charge in [0.1, 0.15) is 0 Å². The van der Waals surface area contributed by atoms with E-state index in [1.165, 1.54) is 44.9 Å². The summed E-state index contributed by atoms with van der Waals surface area (Å²) in [6.07, 6.45) is 11.5. The van der Waals surface area contributed by atoms with Gasteiger partial charge in [0.05, 0.1) is 0 Å². The molecule has 0 bridgehead atoms. The maximum Gasteiger partial charge on any atom is 0.303 e. The summed E-state index contributed by atoms with van der Waals surface area (Å²) < 4.78 is 0. The topological polar surface area (TPSA) is 68.8 Å². The molecule has 17 heavy (non-hydrogen) atoms. The van der Waals surface area contributed by atoms with Gasteiger partial charge in [-0.15, -0.1) is 13.2 Å². The summed E-state index contributed by atoms with van der Waals surface area (Å²) in [6, 6.07) is 0. The van der Waals surface area contributed by atoms with Crippen LogP contribution < -0.4 is 0 Å². The van der Waals surface area contributed by atoms with Crippen LogP contribution in [0.25, 0.3) is 0 Å². The zero-order valence-electron chi connectivity index (χ0n) is 11.3. The molecule has 0 aliphatic heterocycles. The van der Waals surface area contributed by atoms with Gasteiger partial charge in [0, 0.05) is 6.42 Å². The first kappa shape index (κ1) is 21.5. The molecular formula is C14H30O3. The predicted octanol–water partition coefficient (Wildman–Crippen LogP) is 3.97. The van der Waals surface area contributed by atoms with Crippen molar-refractivity contribution in [3.05, 3.63) is 13.2 Å². The highest BCUT2D eigenvalue weighted by Crippen LogP contribution is 2.10. The lowest BCUT2D eigenvalue weighted by atomic mass is 10.1. The van der Waals surface area contributed by atoms with Crippen LogP contribution in [0.1, 0.15) is 71.1 Å². The van der Waals surface area contributed by atoms with Gasteiger partial charge >= 0.3 is 5.97 Å². The highest BCUT2D eigenvalue weighted by atomic mass is 16.4. The number of hydrogen-bond donors (Lipinski definition) is 1. The molecule has 104 valence electrons. The van der Waals surface area contributed by atoms with E-state index < -0.39 is 5.97 Å². The molecule has 0 aromatic heterocycles. The second-order valence-electron chi connectivity index (χ2n) is 3.97. The Labute approximate surface area is 106 Å². The van der Waals surface area contributed by atoms with Crippen LogP contribution in [0.15, 0.2) is 13.2 Å². The van der Waals surface area contributed by atoms with Gasteiger partial charge in [0.2, 0.25) is 0 Å². The molecule has 0 fully saturated rings. The standard InChI is InChI=1S/C12H24O2.C2H4.H2O/c1-2-3-4-5-6-7-8-9-10-11-12(13)14;1-2;/h2-11H2,1H3,(H,13,14);1-2H2;1H2. The van der Waals surface area contributed by atoms with E-state index in [-0.39, 0.29) is 5.48 Å². The van der Waals surface area contributed by atoms with Crippen LogP contribution in [0.4, 0.5) is 0 Å². The normalized spacial score (nSPS) is 8.76. The van der Waals surface area contributed by atoms with E-state index in [4.69, 9.17) is 5.11 Å². The van der Waals surface area contributed by atoms with Gasteiger partial charge in [-0.3, -0.25) is 4.79 Å². The molecule has 3 nitrogen and oxygen atoms in total. The molecule has 3 heteroatoms. The third kappa shape index (κ3) is 25.4. The summed E-state index contributed by atoms with van der Waals surface area (Å²) in [5, 5.41) is 8.41. The predicted molar refractivity (Wildman–Crippen MR) is 74.3 cm³/mol. The second kappa shape index (κ2) is 20.6. The molecule has 0 atom stereocenters. The van der Waals surface area contributed by atoms with Crippen molar-refractivity contribution in [2.75, 3.05) is 0 Å². The fraction of sp³-hybridized carbons (Fsp3) is 0.786. The molecule has 0 spiro atoms. The third-order valence-electron chi connectivity index (χ3n) is 2.49. The molecular weight excluding hydrogens is 216 g/mol. The van der Waals surface area contributed by atoms with E-state index in [0.29, 0.717) is 6.42 Å². The number of hydrogen-bond acceptors (Lipinski definition) is 1. The lowest BCUT2D eigenvalue weighted by molar-refractivity contribution is -0.137. The Morgan fingerprint density at radius 3 is 1.59 bits per heavy atom. The highest BCUT2D eigenvalue weighted by molar-refractivity contribution is 5.66. The van der Waals surface area contributed by atoms with Gasteiger partial charge in [-0.25, -0.2) is 0 Å². The number of carboxylic acids is 1. The van der Waals surface area contributed by atoms with Crippen molar-refractivity contribution in [3.8, 4) is 0 Å². The molecule has 0 saturated heterocycles. The van der Waals surface area contributed by atoms with Crippen molar-refractivity contribution in [1.29, 1.82) is 0 Å². The summed E-state index contributed by atoms with van der Waals surface area (Å²) >= 11 is 0. The quantitative estimate of drug-likeness (QED) is 0.468. The summed E-state index contributed by atoms with van der Waals surface area (Å²) in [4.78, 5) is 10.2. The molecule has 0 aliphatic rings. The molecule has 0 aromatic rings. The van der Waals surface area contributed by atoms with E-state index in [2.05, 4.69) is 20.1 Å². The van der Waals surface area contributed by atoms with Crippen molar-refractivity contribution >= 4 is 5.97 Å². The number of carboxylic acid groups (broad SMARTS) is 1. The van der Waals surface area contributed by atoms with E-state index in [9.17, 15) is 4.79 Å². The van der Waals surface area contributed by atoms with Gasteiger partial charge in [-0.05, 0) is 6.42 Å². The Balaban J connectivity index is -0.000000616. The van der Waals surface area contributed by atoms with Crippen LogP contribution in [-0.4, -0.2) is 16.6 Å². The first-order valence-corrected chi connectivity index (χ1v) is 6.49. The van der Waals surface area contributed by atoms with Gasteiger partial charge < -0.3 is 10.6 Å². The zero-order valence-corrected chi connectivity index (χ0v) is 11.3. The van der Waals surface area contributed by atoms with Gasteiger partial charge in [0.25, 0.3) is 0 Å². The first-order valence-electron chi connectivity index (χ1n) is 6.49. The molecule has 0 aromatic carbocycles. The Kier molecular flexibility index (Phi) is 26.0. The average molecular weight is 246 g/mol. The number of carbonyl (C=O) groups is 1. The van der Waals surface area contributed by atoms with Crippen molar-refractivity contribution in [2.45, 2.75) is 71.1 Å². The minimum Gasteiger partial charge on any atom is -0.481 e. The number of unbranched alkanes of at least 4 members (excludes halogenated alkanes) is 8. The molecule has 0 amide bonds. The monoisotopic (exact) mass is 246 g/mol. The fourth-order valence-corrected chi connectivity index (χ4v) is 1.59. The first-order chi connectivity index (χ1) is 7.77. The minimum absolute atomic E-state index is 0. The van der Waals surface area contributed by atoms with Crippen LogP contribution in [0.3, 0.4) is 0 Å². The Morgan fingerprint density at radius 2 is 1.24 bits per heavy atom. The Morgan fingerprint density at radius 1 is 0.882 bits per heavy atom. The second-order valence-corrected chi connectivity index (χ2v) is 3.97. The smallest absolute Gasteiger partial charge is 0.303 e. The largest absolute Gasteiger partial charge is 0.481 e. The summed E-state index contributed by atoms with van der Waals surface area (Å²) in [7, 11) is 0. The van der Waals surface area contributed by atoms with Crippen LogP contribution in [0.5, 0.6) is 0 Å². The van der Waals surface area contributed by atoms with Crippen LogP contribution in [-0.2, 0) is 4.79 Å². The van der Waals surface area contributed by atoms with Crippen LogP contribution in [0.2, 0.25) is 0 Å². The lowest BCUT2D eigenvalue weighted by Crippen LogP contribution is -1.93. The fourth-order valence-electron chi connectivity index (χ4n) is 1.59. The Hall–Kier alpha value is -0.830. The van der Waals surface area contributed by atoms with E-state index in [1.807, 2.05) is 0 Å². The molecule has 0 aliphatic carbocycles. The maximum atomic E-state index is 10.2. The SMILES string of the molecule is C=C.CCCCCCCCCCCC(=O)O.O. The molecule has 0 saturated carbocycles. The van der Waals surface area contributed by atoms with Crippen LogP contribution >= 0.6 is 0 Å². The molecule has 0 radical (unpaired) electrons. The maximum absolute atomic E-state index is 10.2. The third-order valence-corrected chi connectivity index (χ3v) is 2.49. The lowest BCUT2D eigenvalue weighted by Gasteiger charge is -2.00. The van der Waals surface area contributed by atoms with Gasteiger partial charge in [0.15, 0.2) is 0 Å². The molecule has 0 unspecified atom stereocenters. The highest BCUT2D eigenvalue weighted by Gasteiger charge is 1.96. The molecule has 0 heterocycles. The van der Waals surface area contributed by atoms with Crippen molar-refractivity contribution in [3.63, 3.8) is 0 Å². The molecule has 0 rings (SSSR count). The van der Waals surface area contributed by atoms with E-state index in [1.54, 1.807) is 0 Å². The summed E-state index contributed by atoms with van der Waals surface area (Å²) in [5.74, 6) is -0.659. The van der Waals surface area contributed by atoms with E-state index >= 15 is 0 Å². The average Bonchev–Trinajstić information content (AvgIpc) is 2.29. The zero-order chi connectivity index (χ0) is 12.6. The van der Waals surface area contributed by atoms with E-state index in [0.717, 1.165) is 12.8 Å². The minimum atomic E-state index is -0.659. The van der Waals surface area contributed by atoms with Gasteiger partial charge in [-0.2, -0.15) is 0 Å².